The molecule has 0 heterocycles. The van der Waals surface area contributed by atoms with Gasteiger partial charge in [-0.3, -0.25) is 5.43 Å². The maximum absolute atomic E-state index is 6.00. The molecule has 0 saturated carbocycles. The second-order valence-corrected chi connectivity index (χ2v) is 5.06. The van der Waals surface area contributed by atoms with Crippen LogP contribution in [-0.4, -0.2) is 31.1 Å². The number of hydrazone groups is 1. The van der Waals surface area contributed by atoms with E-state index in [2.05, 4.69) is 15.8 Å². The van der Waals surface area contributed by atoms with E-state index in [1.807, 2.05) is 6.92 Å². The Bertz CT molecular complexity index is 448. The molecule has 0 amide bonds. The Morgan fingerprint density at radius 2 is 2.11 bits per heavy atom. The molecular formula is C12H15Cl2N3OS. The molecular weight excluding hydrogens is 305 g/mol. The van der Waals surface area contributed by atoms with Crippen molar-refractivity contribution >= 4 is 46.7 Å². The van der Waals surface area contributed by atoms with Gasteiger partial charge in [0.2, 0.25) is 0 Å². The van der Waals surface area contributed by atoms with Crippen molar-refractivity contribution in [3.05, 3.63) is 33.8 Å². The van der Waals surface area contributed by atoms with E-state index in [-0.39, 0.29) is 6.04 Å². The second kappa shape index (κ2) is 8.32. The first-order valence-corrected chi connectivity index (χ1v) is 6.73. The molecule has 0 aliphatic rings. The lowest BCUT2D eigenvalue weighted by Gasteiger charge is -2.13. The van der Waals surface area contributed by atoms with Gasteiger partial charge in [-0.2, -0.15) is 5.10 Å². The van der Waals surface area contributed by atoms with Crippen molar-refractivity contribution in [2.75, 3.05) is 13.7 Å². The number of ether oxygens (including phenoxy) is 1. The predicted molar refractivity (Wildman–Crippen MR) is 84.3 cm³/mol. The molecule has 1 aromatic rings. The maximum atomic E-state index is 6.00. The summed E-state index contributed by atoms with van der Waals surface area (Å²) >= 11 is 17.1. The minimum atomic E-state index is 0.101. The summed E-state index contributed by atoms with van der Waals surface area (Å²) in [6, 6.07) is 5.36. The van der Waals surface area contributed by atoms with Crippen LogP contribution < -0.4 is 10.7 Å². The highest BCUT2D eigenvalue weighted by atomic mass is 35.5. The number of halogens is 2. The van der Waals surface area contributed by atoms with Gasteiger partial charge in [-0.1, -0.05) is 29.3 Å². The highest BCUT2D eigenvalue weighted by Gasteiger charge is 2.03. The molecule has 1 rings (SSSR count). The number of rotatable bonds is 5. The van der Waals surface area contributed by atoms with Crippen LogP contribution in [0.25, 0.3) is 0 Å². The molecule has 0 fully saturated rings. The molecule has 7 heteroatoms. The number of benzene rings is 1. The number of hydrogen-bond acceptors (Lipinski definition) is 3. The molecule has 0 spiro atoms. The van der Waals surface area contributed by atoms with E-state index in [1.165, 1.54) is 6.21 Å². The van der Waals surface area contributed by atoms with E-state index in [0.29, 0.717) is 27.3 Å². The number of nitrogens with one attached hydrogen (secondary N) is 2. The minimum absolute atomic E-state index is 0.101. The van der Waals surface area contributed by atoms with Crippen molar-refractivity contribution in [1.29, 1.82) is 0 Å². The van der Waals surface area contributed by atoms with Crippen LogP contribution >= 0.6 is 35.4 Å². The summed E-state index contributed by atoms with van der Waals surface area (Å²) < 4.78 is 4.99. The van der Waals surface area contributed by atoms with Crippen molar-refractivity contribution in [3.63, 3.8) is 0 Å². The van der Waals surface area contributed by atoms with Crippen LogP contribution in [0.3, 0.4) is 0 Å². The standard InChI is InChI=1S/C12H15Cl2N3OS/c1-8(7-18-2)16-12(19)17-15-6-9-10(13)4-3-5-11(9)14/h3-6,8H,7H2,1-2H3,(H2,16,17,19)/b15-6-/t8-/m0/s1. The van der Waals surface area contributed by atoms with Crippen molar-refractivity contribution in [2.24, 2.45) is 5.10 Å². The first-order chi connectivity index (χ1) is 9.04. The fraction of sp³-hybridized carbons (Fsp3) is 0.333. The number of thiocarbonyl (C=S) groups is 1. The molecule has 104 valence electrons. The molecule has 0 aliphatic carbocycles. The van der Waals surface area contributed by atoms with Gasteiger partial charge in [0, 0.05) is 18.7 Å². The lowest BCUT2D eigenvalue weighted by molar-refractivity contribution is 0.179. The number of methoxy groups -OCH3 is 1. The summed E-state index contributed by atoms with van der Waals surface area (Å²) in [6.45, 7) is 2.51. The summed E-state index contributed by atoms with van der Waals surface area (Å²) in [5.74, 6) is 0. The van der Waals surface area contributed by atoms with Gasteiger partial charge in [-0.05, 0) is 31.3 Å². The zero-order valence-electron chi connectivity index (χ0n) is 10.6. The van der Waals surface area contributed by atoms with Crippen molar-refractivity contribution in [1.82, 2.24) is 10.7 Å². The lowest BCUT2D eigenvalue weighted by Crippen LogP contribution is -2.40. The Labute approximate surface area is 128 Å². The van der Waals surface area contributed by atoms with E-state index in [9.17, 15) is 0 Å². The fourth-order valence-electron chi connectivity index (χ4n) is 1.34. The summed E-state index contributed by atoms with van der Waals surface area (Å²) in [4.78, 5) is 0. The first-order valence-electron chi connectivity index (χ1n) is 5.57. The average molecular weight is 320 g/mol. The van der Waals surface area contributed by atoms with Crippen molar-refractivity contribution in [2.45, 2.75) is 13.0 Å². The third-order valence-electron chi connectivity index (χ3n) is 2.15. The Kier molecular flexibility index (Phi) is 7.09. The molecule has 0 aliphatic heterocycles. The van der Waals surface area contributed by atoms with E-state index in [0.717, 1.165) is 0 Å². The SMILES string of the molecule is COC[C@H](C)NC(=S)N/N=C\c1c(Cl)cccc1Cl. The third-order valence-corrected chi connectivity index (χ3v) is 3.02. The Morgan fingerprint density at radius 1 is 1.47 bits per heavy atom. The minimum Gasteiger partial charge on any atom is -0.383 e. The Morgan fingerprint density at radius 3 is 2.68 bits per heavy atom. The molecule has 19 heavy (non-hydrogen) atoms. The molecule has 0 bridgehead atoms. The highest BCUT2D eigenvalue weighted by Crippen LogP contribution is 2.21. The van der Waals surface area contributed by atoms with E-state index in [4.69, 9.17) is 40.2 Å². The third kappa shape index (κ3) is 5.74. The molecule has 0 unspecified atom stereocenters. The summed E-state index contributed by atoms with van der Waals surface area (Å²) in [7, 11) is 1.63. The predicted octanol–water partition coefficient (Wildman–Crippen LogP) is 2.83. The fourth-order valence-corrected chi connectivity index (χ4v) is 2.09. The van der Waals surface area contributed by atoms with E-state index in [1.54, 1.807) is 25.3 Å². The van der Waals surface area contributed by atoms with Crippen LogP contribution in [-0.2, 0) is 4.74 Å². The molecule has 4 nitrogen and oxygen atoms in total. The van der Waals surface area contributed by atoms with E-state index < -0.39 is 0 Å². The summed E-state index contributed by atoms with van der Waals surface area (Å²) in [6.07, 6.45) is 1.53. The topological polar surface area (TPSA) is 45.6 Å². The molecule has 1 atom stereocenters. The lowest BCUT2D eigenvalue weighted by atomic mass is 10.2. The number of nitrogens with zero attached hydrogens (tertiary/aromatic N) is 1. The van der Waals surface area contributed by atoms with Crippen LogP contribution in [0.5, 0.6) is 0 Å². The van der Waals surface area contributed by atoms with Crippen molar-refractivity contribution in [3.8, 4) is 0 Å². The van der Waals surface area contributed by atoms with Crippen LogP contribution in [0.4, 0.5) is 0 Å². The van der Waals surface area contributed by atoms with Crippen LogP contribution in [0, 0.1) is 0 Å². The van der Waals surface area contributed by atoms with Gasteiger partial charge < -0.3 is 10.1 Å². The molecule has 0 aromatic heterocycles. The molecule has 2 N–H and O–H groups in total. The molecule has 0 radical (unpaired) electrons. The normalized spacial score (nSPS) is 12.4. The monoisotopic (exact) mass is 319 g/mol. The van der Waals surface area contributed by atoms with Crippen LogP contribution in [0.2, 0.25) is 10.0 Å². The maximum Gasteiger partial charge on any atom is 0.187 e. The van der Waals surface area contributed by atoms with E-state index >= 15 is 0 Å². The largest absolute Gasteiger partial charge is 0.383 e. The quantitative estimate of drug-likeness (QED) is 0.497. The average Bonchev–Trinajstić information content (AvgIpc) is 2.33. The van der Waals surface area contributed by atoms with Gasteiger partial charge in [0.1, 0.15) is 0 Å². The van der Waals surface area contributed by atoms with Crippen LogP contribution in [0.15, 0.2) is 23.3 Å². The van der Waals surface area contributed by atoms with Crippen LogP contribution in [0.1, 0.15) is 12.5 Å². The van der Waals surface area contributed by atoms with Gasteiger partial charge in [0.05, 0.1) is 22.9 Å². The molecule has 1 aromatic carbocycles. The summed E-state index contributed by atoms with van der Waals surface area (Å²) in [5.41, 5.74) is 3.34. The van der Waals surface area contributed by atoms with Crippen molar-refractivity contribution < 1.29 is 4.74 Å². The smallest absolute Gasteiger partial charge is 0.187 e. The second-order valence-electron chi connectivity index (χ2n) is 3.84. The Balaban J connectivity index is 2.52. The van der Waals surface area contributed by atoms with Gasteiger partial charge in [-0.25, -0.2) is 0 Å². The Hall–Kier alpha value is -0.880. The van der Waals surface area contributed by atoms with Gasteiger partial charge in [-0.15, -0.1) is 0 Å². The number of hydrogen-bond donors (Lipinski definition) is 2. The zero-order valence-corrected chi connectivity index (χ0v) is 12.9. The zero-order chi connectivity index (χ0) is 14.3. The highest BCUT2D eigenvalue weighted by molar-refractivity contribution is 7.80. The summed E-state index contributed by atoms with van der Waals surface area (Å²) in [5, 5.41) is 8.47. The van der Waals surface area contributed by atoms with Gasteiger partial charge >= 0.3 is 0 Å². The van der Waals surface area contributed by atoms with Gasteiger partial charge in [0.25, 0.3) is 0 Å². The first kappa shape index (κ1) is 16.2. The van der Waals surface area contributed by atoms with Gasteiger partial charge in [0.15, 0.2) is 5.11 Å². The molecule has 0 saturated heterocycles.